The number of rotatable bonds is 10. The highest BCUT2D eigenvalue weighted by Crippen LogP contribution is 2.36. The Hall–Kier alpha value is -0.0800. The monoisotopic (exact) mass is 296 g/mol. The van der Waals surface area contributed by atoms with Crippen LogP contribution in [0.3, 0.4) is 0 Å². The van der Waals surface area contributed by atoms with Crippen LogP contribution in [0.5, 0.6) is 0 Å². The topological polar surface area (TPSA) is 15.3 Å². The van der Waals surface area contributed by atoms with E-state index in [4.69, 9.17) is 0 Å². The van der Waals surface area contributed by atoms with Crippen molar-refractivity contribution in [2.75, 3.05) is 26.2 Å². The van der Waals surface area contributed by atoms with E-state index in [-0.39, 0.29) is 0 Å². The number of hydrogen-bond donors (Lipinski definition) is 1. The number of hydrogen-bond acceptors (Lipinski definition) is 2. The maximum Gasteiger partial charge on any atom is 0.00645 e. The fourth-order valence-corrected chi connectivity index (χ4v) is 3.77. The summed E-state index contributed by atoms with van der Waals surface area (Å²) in [6.45, 7) is 14.3. The van der Waals surface area contributed by atoms with Gasteiger partial charge in [0.25, 0.3) is 0 Å². The van der Waals surface area contributed by atoms with Gasteiger partial charge in [-0.05, 0) is 51.1 Å². The zero-order chi connectivity index (χ0) is 15.6. The summed E-state index contributed by atoms with van der Waals surface area (Å²) in [5.74, 6) is 0. The summed E-state index contributed by atoms with van der Waals surface area (Å²) in [5, 5.41) is 3.68. The van der Waals surface area contributed by atoms with Crippen molar-refractivity contribution < 1.29 is 0 Å². The molecule has 1 rings (SSSR count). The molecule has 1 fully saturated rings. The molecule has 0 radical (unpaired) electrons. The van der Waals surface area contributed by atoms with Crippen molar-refractivity contribution in [2.24, 2.45) is 5.41 Å². The Morgan fingerprint density at radius 2 is 1.71 bits per heavy atom. The van der Waals surface area contributed by atoms with Crippen molar-refractivity contribution in [3.05, 3.63) is 0 Å². The standard InChI is InChI=1S/C19H40N2/c1-5-8-15-21(18(4)6-2)17-19(16-20-7-3)13-11-9-10-12-14-19/h18,20H,5-17H2,1-4H3. The molecule has 1 N–H and O–H groups in total. The smallest absolute Gasteiger partial charge is 0.00645 e. The van der Waals surface area contributed by atoms with Gasteiger partial charge in [-0.1, -0.05) is 52.9 Å². The second-order valence-electron chi connectivity index (χ2n) is 7.28. The molecule has 2 heteroatoms. The van der Waals surface area contributed by atoms with E-state index in [2.05, 4.69) is 37.9 Å². The molecule has 0 aromatic carbocycles. The third-order valence-electron chi connectivity index (χ3n) is 5.47. The van der Waals surface area contributed by atoms with Gasteiger partial charge in [0.15, 0.2) is 0 Å². The van der Waals surface area contributed by atoms with E-state index in [9.17, 15) is 0 Å². The van der Waals surface area contributed by atoms with Crippen LogP contribution in [0.4, 0.5) is 0 Å². The Morgan fingerprint density at radius 1 is 1.05 bits per heavy atom. The fourth-order valence-electron chi connectivity index (χ4n) is 3.77. The van der Waals surface area contributed by atoms with Crippen molar-refractivity contribution in [3.63, 3.8) is 0 Å². The molecule has 21 heavy (non-hydrogen) atoms. The van der Waals surface area contributed by atoms with E-state index >= 15 is 0 Å². The van der Waals surface area contributed by atoms with Gasteiger partial charge in [0, 0.05) is 19.1 Å². The first kappa shape index (κ1) is 19.0. The molecule has 1 saturated carbocycles. The van der Waals surface area contributed by atoms with Gasteiger partial charge in [-0.25, -0.2) is 0 Å². The summed E-state index contributed by atoms with van der Waals surface area (Å²) in [5.41, 5.74) is 0.531. The SMILES string of the molecule is CCCCN(CC1(CNCC)CCCCCC1)C(C)CC. The van der Waals surface area contributed by atoms with Crippen LogP contribution >= 0.6 is 0 Å². The third-order valence-corrected chi connectivity index (χ3v) is 5.47. The van der Waals surface area contributed by atoms with Crippen molar-refractivity contribution in [2.45, 2.75) is 91.5 Å². The lowest BCUT2D eigenvalue weighted by Gasteiger charge is -2.41. The van der Waals surface area contributed by atoms with Crippen LogP contribution in [0.25, 0.3) is 0 Å². The lowest BCUT2D eigenvalue weighted by Crippen LogP contribution is -2.47. The van der Waals surface area contributed by atoms with E-state index in [0.29, 0.717) is 5.41 Å². The zero-order valence-electron chi connectivity index (χ0n) is 15.2. The van der Waals surface area contributed by atoms with Crippen LogP contribution in [0.1, 0.15) is 85.5 Å². The zero-order valence-corrected chi connectivity index (χ0v) is 15.2. The molecule has 1 unspecified atom stereocenters. The molecule has 0 saturated heterocycles. The van der Waals surface area contributed by atoms with Crippen molar-refractivity contribution >= 4 is 0 Å². The average molecular weight is 297 g/mol. The summed E-state index contributed by atoms with van der Waals surface area (Å²) in [6.07, 6.45) is 12.6. The Labute approximate surface area is 134 Å². The Morgan fingerprint density at radius 3 is 2.24 bits per heavy atom. The van der Waals surface area contributed by atoms with Gasteiger partial charge in [0.1, 0.15) is 0 Å². The lowest BCUT2D eigenvalue weighted by atomic mass is 9.79. The summed E-state index contributed by atoms with van der Waals surface area (Å²) in [6, 6.07) is 0.735. The summed E-state index contributed by atoms with van der Waals surface area (Å²) in [7, 11) is 0. The third kappa shape index (κ3) is 6.69. The maximum absolute atomic E-state index is 3.68. The second kappa shape index (κ2) is 10.6. The number of nitrogens with zero attached hydrogens (tertiary/aromatic N) is 1. The first-order valence-corrected chi connectivity index (χ1v) is 9.62. The van der Waals surface area contributed by atoms with E-state index < -0.39 is 0 Å². The van der Waals surface area contributed by atoms with Gasteiger partial charge in [-0.3, -0.25) is 0 Å². The van der Waals surface area contributed by atoms with Crippen LogP contribution in [0.2, 0.25) is 0 Å². The molecule has 0 spiro atoms. The van der Waals surface area contributed by atoms with Crippen molar-refractivity contribution in [3.8, 4) is 0 Å². The van der Waals surface area contributed by atoms with Crippen LogP contribution in [0.15, 0.2) is 0 Å². The number of nitrogens with one attached hydrogen (secondary N) is 1. The summed E-state index contributed by atoms with van der Waals surface area (Å²) < 4.78 is 0. The van der Waals surface area contributed by atoms with Gasteiger partial charge in [-0.15, -0.1) is 0 Å². The molecule has 1 aliphatic carbocycles. The maximum atomic E-state index is 3.68. The minimum atomic E-state index is 0.531. The Balaban J connectivity index is 2.73. The van der Waals surface area contributed by atoms with Gasteiger partial charge >= 0.3 is 0 Å². The lowest BCUT2D eigenvalue weighted by molar-refractivity contribution is 0.0950. The highest BCUT2D eigenvalue weighted by molar-refractivity contribution is 4.88. The highest BCUT2D eigenvalue weighted by atomic mass is 15.2. The molecular weight excluding hydrogens is 256 g/mol. The van der Waals surface area contributed by atoms with Gasteiger partial charge in [0.05, 0.1) is 0 Å². The Bertz CT molecular complexity index is 244. The summed E-state index contributed by atoms with van der Waals surface area (Å²) >= 11 is 0. The fraction of sp³-hybridized carbons (Fsp3) is 1.00. The quantitative estimate of drug-likeness (QED) is 0.580. The molecule has 0 amide bonds. The van der Waals surface area contributed by atoms with Crippen molar-refractivity contribution in [1.82, 2.24) is 10.2 Å². The normalized spacial score (nSPS) is 20.4. The first-order chi connectivity index (χ1) is 10.2. The Kier molecular flexibility index (Phi) is 9.59. The van der Waals surface area contributed by atoms with E-state index in [1.165, 1.54) is 77.4 Å². The minimum Gasteiger partial charge on any atom is -0.316 e. The molecule has 0 bridgehead atoms. The second-order valence-corrected chi connectivity index (χ2v) is 7.28. The van der Waals surface area contributed by atoms with Gasteiger partial charge in [0.2, 0.25) is 0 Å². The first-order valence-electron chi connectivity index (χ1n) is 9.62. The molecule has 126 valence electrons. The van der Waals surface area contributed by atoms with E-state index in [1.807, 2.05) is 0 Å². The molecule has 0 heterocycles. The highest BCUT2D eigenvalue weighted by Gasteiger charge is 2.33. The predicted octanol–water partition coefficient (Wildman–Crippen LogP) is 4.84. The van der Waals surface area contributed by atoms with Crippen LogP contribution < -0.4 is 5.32 Å². The molecule has 0 aromatic heterocycles. The summed E-state index contributed by atoms with van der Waals surface area (Å²) in [4.78, 5) is 2.80. The molecule has 1 aliphatic rings. The molecule has 1 atom stereocenters. The van der Waals surface area contributed by atoms with Gasteiger partial charge < -0.3 is 10.2 Å². The van der Waals surface area contributed by atoms with Gasteiger partial charge in [-0.2, -0.15) is 0 Å². The predicted molar refractivity (Wildman–Crippen MR) is 94.9 cm³/mol. The molecule has 0 aliphatic heterocycles. The van der Waals surface area contributed by atoms with Crippen LogP contribution in [-0.2, 0) is 0 Å². The number of unbranched alkanes of at least 4 members (excludes halogenated alkanes) is 1. The molecule has 0 aromatic rings. The largest absolute Gasteiger partial charge is 0.316 e. The van der Waals surface area contributed by atoms with Crippen molar-refractivity contribution in [1.29, 1.82) is 0 Å². The molecular formula is C19H40N2. The minimum absolute atomic E-state index is 0.531. The average Bonchev–Trinajstić information content (AvgIpc) is 2.74. The van der Waals surface area contributed by atoms with E-state index in [1.54, 1.807) is 0 Å². The van der Waals surface area contributed by atoms with Crippen LogP contribution in [0, 0.1) is 5.41 Å². The van der Waals surface area contributed by atoms with E-state index in [0.717, 1.165) is 12.6 Å². The molecule has 2 nitrogen and oxygen atoms in total. The van der Waals surface area contributed by atoms with Crippen LogP contribution in [-0.4, -0.2) is 37.1 Å².